The number of sulfone groups is 1. The fourth-order valence-electron chi connectivity index (χ4n) is 2.60. The molecule has 0 radical (unpaired) electrons. The normalized spacial score (nSPS) is 13.7. The van der Waals surface area contributed by atoms with Crippen molar-refractivity contribution in [3.63, 3.8) is 0 Å². The maximum atomic E-state index is 12.8. The van der Waals surface area contributed by atoms with E-state index in [4.69, 9.17) is 23.2 Å². The van der Waals surface area contributed by atoms with E-state index in [1.165, 1.54) is 12.1 Å². The van der Waals surface area contributed by atoms with E-state index in [9.17, 15) is 18.0 Å². The van der Waals surface area contributed by atoms with E-state index in [-0.39, 0.29) is 21.6 Å². The molecule has 0 bridgehead atoms. The molecule has 1 aliphatic rings. The van der Waals surface area contributed by atoms with Crippen LogP contribution in [-0.4, -0.2) is 32.0 Å². The number of anilines is 2. The third-order valence-corrected chi connectivity index (χ3v) is 5.96. The van der Waals surface area contributed by atoms with Gasteiger partial charge in [0.05, 0.1) is 9.79 Å². The number of hydrogen-bond acceptors (Lipinski definition) is 4. The lowest BCUT2D eigenvalue weighted by Gasteiger charge is -2.05. The van der Waals surface area contributed by atoms with Crippen LogP contribution in [0.1, 0.15) is 0 Å². The molecule has 1 heterocycles. The summed E-state index contributed by atoms with van der Waals surface area (Å²) in [5, 5.41) is 5.05. The van der Waals surface area contributed by atoms with Crippen molar-refractivity contribution in [1.82, 2.24) is 0 Å². The molecule has 2 amide bonds. The van der Waals surface area contributed by atoms with Gasteiger partial charge in [-0.15, -0.1) is 23.2 Å². The lowest BCUT2D eigenvalue weighted by molar-refractivity contribution is -0.114. The molecule has 9 heteroatoms. The number of benzene rings is 2. The summed E-state index contributed by atoms with van der Waals surface area (Å²) in [4.78, 5) is 23.0. The third-order valence-electron chi connectivity index (χ3n) is 3.64. The molecule has 130 valence electrons. The number of alkyl halides is 2. The molecule has 0 saturated carbocycles. The number of rotatable bonds is 4. The smallest absolute Gasteiger partial charge is 0.239 e. The highest BCUT2D eigenvalue weighted by atomic mass is 35.5. The molecule has 0 unspecified atom stereocenters. The maximum Gasteiger partial charge on any atom is 0.239 e. The predicted molar refractivity (Wildman–Crippen MR) is 96.0 cm³/mol. The van der Waals surface area contributed by atoms with Gasteiger partial charge >= 0.3 is 0 Å². The Bertz CT molecular complexity index is 916. The van der Waals surface area contributed by atoms with Crippen LogP contribution in [0, 0.1) is 0 Å². The molecule has 25 heavy (non-hydrogen) atoms. The number of carbonyl (C=O) groups is 2. The Hall–Kier alpha value is -2.09. The molecule has 0 saturated heterocycles. The molecule has 2 aromatic carbocycles. The first kappa shape index (κ1) is 17.7. The monoisotopic (exact) mass is 398 g/mol. The van der Waals surface area contributed by atoms with Crippen LogP contribution in [0.4, 0.5) is 11.4 Å². The Kier molecular flexibility index (Phi) is 4.73. The van der Waals surface area contributed by atoms with Crippen molar-refractivity contribution in [2.75, 3.05) is 22.4 Å². The standard InChI is InChI=1S/C16H12Cl2N2O4S/c17-7-15(21)19-9-1-3-11-12-4-2-10(20-16(22)8-18)6-14(12)25(23,24)13(11)5-9/h1-6H,7-8H2,(H,19,21)(H,20,22). The van der Waals surface area contributed by atoms with Gasteiger partial charge in [-0.2, -0.15) is 0 Å². The van der Waals surface area contributed by atoms with Crippen molar-refractivity contribution in [1.29, 1.82) is 0 Å². The molecular weight excluding hydrogens is 387 g/mol. The van der Waals surface area contributed by atoms with E-state index in [0.717, 1.165) is 0 Å². The lowest BCUT2D eigenvalue weighted by Crippen LogP contribution is -2.13. The van der Waals surface area contributed by atoms with Crippen LogP contribution in [-0.2, 0) is 19.4 Å². The minimum Gasteiger partial charge on any atom is -0.325 e. The number of nitrogens with one attached hydrogen (secondary N) is 2. The topological polar surface area (TPSA) is 92.3 Å². The molecule has 0 fully saturated rings. The van der Waals surface area contributed by atoms with Crippen molar-refractivity contribution >= 4 is 56.2 Å². The average molecular weight is 399 g/mol. The van der Waals surface area contributed by atoms with Crippen molar-refractivity contribution in [3.8, 4) is 11.1 Å². The zero-order chi connectivity index (χ0) is 18.2. The summed E-state index contributed by atoms with van der Waals surface area (Å²) in [6.07, 6.45) is 0. The number of amides is 2. The second-order valence-corrected chi connectivity index (χ2v) is 7.71. The van der Waals surface area contributed by atoms with Crippen LogP contribution in [0.25, 0.3) is 11.1 Å². The van der Waals surface area contributed by atoms with Gasteiger partial charge in [0.25, 0.3) is 0 Å². The lowest BCUT2D eigenvalue weighted by atomic mass is 10.0. The minimum atomic E-state index is -3.76. The van der Waals surface area contributed by atoms with E-state index in [1.54, 1.807) is 24.3 Å². The van der Waals surface area contributed by atoms with Gasteiger partial charge in [0, 0.05) is 22.5 Å². The summed E-state index contributed by atoms with van der Waals surface area (Å²) in [5.74, 6) is -1.32. The summed E-state index contributed by atoms with van der Waals surface area (Å²) in [5.41, 5.74) is 1.76. The Labute approximate surface area is 154 Å². The van der Waals surface area contributed by atoms with Gasteiger partial charge < -0.3 is 10.6 Å². The van der Waals surface area contributed by atoms with Crippen LogP contribution < -0.4 is 10.6 Å². The Balaban J connectivity index is 2.04. The number of carbonyl (C=O) groups excluding carboxylic acids is 2. The van der Waals surface area contributed by atoms with Gasteiger partial charge in [0.1, 0.15) is 11.8 Å². The van der Waals surface area contributed by atoms with Gasteiger partial charge in [-0.05, 0) is 24.3 Å². The Morgan fingerprint density at radius 2 is 1.20 bits per heavy atom. The van der Waals surface area contributed by atoms with Crippen LogP contribution in [0.15, 0.2) is 46.2 Å². The molecule has 1 aliphatic heterocycles. The second-order valence-electron chi connectivity index (χ2n) is 5.29. The molecule has 2 aromatic rings. The maximum absolute atomic E-state index is 12.8. The predicted octanol–water partition coefficient (Wildman–Crippen LogP) is 2.85. The van der Waals surface area contributed by atoms with Crippen molar-refractivity contribution in [2.45, 2.75) is 9.79 Å². The Morgan fingerprint density at radius 3 is 1.56 bits per heavy atom. The van der Waals surface area contributed by atoms with Crippen LogP contribution in [0.3, 0.4) is 0 Å². The third kappa shape index (κ3) is 3.22. The molecule has 2 N–H and O–H groups in total. The van der Waals surface area contributed by atoms with Crippen LogP contribution in [0.2, 0.25) is 0 Å². The highest BCUT2D eigenvalue weighted by Gasteiger charge is 2.33. The van der Waals surface area contributed by atoms with Crippen molar-refractivity contribution < 1.29 is 18.0 Å². The van der Waals surface area contributed by atoms with E-state index in [0.29, 0.717) is 22.5 Å². The summed E-state index contributed by atoms with van der Waals surface area (Å²) in [6, 6.07) is 9.26. The van der Waals surface area contributed by atoms with Gasteiger partial charge in [-0.3, -0.25) is 9.59 Å². The number of hydrogen-bond donors (Lipinski definition) is 2. The first-order valence-electron chi connectivity index (χ1n) is 7.12. The molecular formula is C16H12Cl2N2O4S. The van der Waals surface area contributed by atoms with Crippen molar-refractivity contribution in [3.05, 3.63) is 36.4 Å². The van der Waals surface area contributed by atoms with Crippen LogP contribution in [0.5, 0.6) is 0 Å². The molecule has 0 atom stereocenters. The highest BCUT2D eigenvalue weighted by molar-refractivity contribution is 7.92. The fraction of sp³-hybridized carbons (Fsp3) is 0.125. The summed E-state index contributed by atoms with van der Waals surface area (Å²) >= 11 is 10.9. The molecule has 0 aliphatic carbocycles. The molecule has 0 spiro atoms. The Morgan fingerprint density at radius 1 is 0.800 bits per heavy atom. The van der Waals surface area contributed by atoms with E-state index >= 15 is 0 Å². The zero-order valence-corrected chi connectivity index (χ0v) is 15.0. The summed E-state index contributed by atoms with van der Waals surface area (Å²) in [7, 11) is -3.76. The fourth-order valence-corrected chi connectivity index (χ4v) is 4.47. The first-order chi connectivity index (χ1) is 11.9. The summed E-state index contributed by atoms with van der Waals surface area (Å²) in [6.45, 7) is 0. The SMILES string of the molecule is O=C(CCl)Nc1ccc2c(c1)S(=O)(=O)c1cc(NC(=O)CCl)ccc1-2. The van der Waals surface area contributed by atoms with Gasteiger partial charge in [0.2, 0.25) is 21.7 Å². The largest absolute Gasteiger partial charge is 0.325 e. The molecule has 6 nitrogen and oxygen atoms in total. The van der Waals surface area contributed by atoms with E-state index in [1.807, 2.05) is 0 Å². The highest BCUT2D eigenvalue weighted by Crippen LogP contribution is 2.45. The number of fused-ring (bicyclic) bond motifs is 3. The second kappa shape index (κ2) is 6.67. The average Bonchev–Trinajstić information content (AvgIpc) is 2.82. The zero-order valence-electron chi connectivity index (χ0n) is 12.7. The van der Waals surface area contributed by atoms with E-state index < -0.39 is 21.7 Å². The minimum absolute atomic E-state index is 0.0932. The van der Waals surface area contributed by atoms with Crippen molar-refractivity contribution in [2.24, 2.45) is 0 Å². The van der Waals surface area contributed by atoms with Gasteiger partial charge in [-0.25, -0.2) is 8.42 Å². The number of halogens is 2. The first-order valence-corrected chi connectivity index (χ1v) is 9.67. The van der Waals surface area contributed by atoms with Crippen LogP contribution >= 0.6 is 23.2 Å². The van der Waals surface area contributed by atoms with Gasteiger partial charge in [0.15, 0.2) is 0 Å². The van der Waals surface area contributed by atoms with E-state index in [2.05, 4.69) is 10.6 Å². The molecule has 3 rings (SSSR count). The quantitative estimate of drug-likeness (QED) is 0.660. The summed E-state index contributed by atoms with van der Waals surface area (Å²) < 4.78 is 25.6. The molecule has 0 aromatic heterocycles. The van der Waals surface area contributed by atoms with Gasteiger partial charge in [-0.1, -0.05) is 12.1 Å².